The molecule has 0 amide bonds. The summed E-state index contributed by atoms with van der Waals surface area (Å²) in [6.45, 7) is 0. The number of hydrogen-bond donors (Lipinski definition) is 2. The molecule has 3 N–H and O–H groups in total. The molecule has 0 aliphatic carbocycles. The summed E-state index contributed by atoms with van der Waals surface area (Å²) in [6, 6.07) is 11.2. The Hall–Kier alpha value is -2.91. The molecule has 0 fully saturated rings. The van der Waals surface area contributed by atoms with Crippen LogP contribution in [-0.2, 0) is 15.8 Å². The summed E-state index contributed by atoms with van der Waals surface area (Å²) in [6.07, 6.45) is 0.906. The maximum Gasteiger partial charge on any atom is 0.218 e. The van der Waals surface area contributed by atoms with Crippen molar-refractivity contribution in [2.24, 2.45) is 5.14 Å². The zero-order chi connectivity index (χ0) is 18.0. The molecule has 130 valence electrons. The number of para-hydroxylation sites is 1. The second kappa shape index (κ2) is 6.54. The van der Waals surface area contributed by atoms with Gasteiger partial charge < -0.3 is 9.15 Å². The second-order valence-electron chi connectivity index (χ2n) is 5.25. The van der Waals surface area contributed by atoms with Gasteiger partial charge >= 0.3 is 0 Å². The Kier molecular flexibility index (Phi) is 4.43. The number of benzene rings is 2. The molecule has 0 spiro atoms. The Morgan fingerprint density at radius 3 is 2.56 bits per heavy atom. The lowest BCUT2D eigenvalue weighted by Gasteiger charge is -2.12. The van der Waals surface area contributed by atoms with Crippen LogP contribution in [0.2, 0.25) is 0 Å². The minimum absolute atomic E-state index is 0.0340. The molecule has 0 aliphatic rings. The number of rotatable bonds is 5. The average Bonchev–Trinajstić information content (AvgIpc) is 2.56. The third-order valence-electron chi connectivity index (χ3n) is 3.39. The van der Waals surface area contributed by atoms with Crippen LogP contribution in [0.25, 0.3) is 11.0 Å². The van der Waals surface area contributed by atoms with Gasteiger partial charge in [0.1, 0.15) is 29.0 Å². The average molecular weight is 364 g/mol. The number of anilines is 1. The van der Waals surface area contributed by atoms with E-state index in [1.54, 1.807) is 30.3 Å². The molecular weight excluding hydrogens is 351 g/mol. The highest BCUT2D eigenvalue weighted by molar-refractivity contribution is 7.88. The third-order valence-corrected chi connectivity index (χ3v) is 4.10. The van der Waals surface area contributed by atoms with E-state index < -0.39 is 21.2 Å². The first-order chi connectivity index (χ1) is 11.9. The number of nitrogens with two attached hydrogens (primary N) is 1. The van der Waals surface area contributed by atoms with Gasteiger partial charge in [0.05, 0.1) is 11.1 Å². The molecule has 7 nitrogen and oxygen atoms in total. The summed E-state index contributed by atoms with van der Waals surface area (Å²) in [5.74, 6) is 0.0236. The lowest BCUT2D eigenvalue weighted by Crippen LogP contribution is -2.15. The molecule has 0 unspecified atom stereocenters. The van der Waals surface area contributed by atoms with E-state index >= 15 is 0 Å². The minimum atomic E-state index is -3.86. The van der Waals surface area contributed by atoms with Crippen molar-refractivity contribution in [1.29, 1.82) is 0 Å². The molecule has 0 saturated heterocycles. The Morgan fingerprint density at radius 2 is 1.92 bits per heavy atom. The van der Waals surface area contributed by atoms with E-state index in [0.29, 0.717) is 5.75 Å². The monoisotopic (exact) mass is 364 g/mol. The van der Waals surface area contributed by atoms with Crippen LogP contribution in [0.3, 0.4) is 0 Å². The maximum atomic E-state index is 12.6. The van der Waals surface area contributed by atoms with Crippen LogP contribution < -0.4 is 20.8 Å². The first-order valence-electron chi connectivity index (χ1n) is 7.06. The molecule has 3 aromatic rings. The van der Waals surface area contributed by atoms with Gasteiger partial charge in [-0.3, -0.25) is 4.79 Å². The van der Waals surface area contributed by atoms with Crippen LogP contribution in [0.5, 0.6) is 11.5 Å². The first-order valence-corrected chi connectivity index (χ1v) is 8.77. The number of halogens is 1. The topological polar surface area (TPSA) is 112 Å². The Balaban J connectivity index is 2.20. The summed E-state index contributed by atoms with van der Waals surface area (Å²) in [5.41, 5.74) is 0.517. The van der Waals surface area contributed by atoms with Crippen molar-refractivity contribution in [3.63, 3.8) is 0 Å². The van der Waals surface area contributed by atoms with Crippen molar-refractivity contribution in [2.45, 2.75) is 5.75 Å². The van der Waals surface area contributed by atoms with Gasteiger partial charge in [-0.05, 0) is 24.3 Å². The van der Waals surface area contributed by atoms with Crippen molar-refractivity contribution >= 4 is 26.7 Å². The molecule has 3 rings (SSSR count). The molecule has 0 bridgehead atoms. The predicted molar refractivity (Wildman–Crippen MR) is 90.5 cm³/mol. The van der Waals surface area contributed by atoms with E-state index in [1.807, 2.05) is 0 Å². The lowest BCUT2D eigenvalue weighted by atomic mass is 10.1. The van der Waals surface area contributed by atoms with Crippen molar-refractivity contribution in [2.75, 3.05) is 5.54 Å². The highest BCUT2D eigenvalue weighted by Crippen LogP contribution is 2.30. The number of hydrogen-bond acceptors (Lipinski definition) is 6. The number of fused-ring (bicyclic) bond motifs is 1. The number of sulfonamides is 1. The van der Waals surface area contributed by atoms with Gasteiger partial charge in [-0.15, -0.1) is 4.48 Å². The maximum absolute atomic E-state index is 12.6. The predicted octanol–water partition coefficient (Wildman–Crippen LogP) is 2.67. The van der Waals surface area contributed by atoms with Gasteiger partial charge in [0.15, 0.2) is 0 Å². The van der Waals surface area contributed by atoms with Gasteiger partial charge in [0.2, 0.25) is 15.5 Å². The normalized spacial score (nSPS) is 11.4. The summed E-state index contributed by atoms with van der Waals surface area (Å²) in [5, 5.41) is 5.15. The van der Waals surface area contributed by atoms with Crippen LogP contribution in [0.15, 0.2) is 57.9 Å². The van der Waals surface area contributed by atoms with E-state index in [2.05, 4.69) is 0 Å². The fraction of sp³-hybridized carbons (Fsp3) is 0.0625. The third kappa shape index (κ3) is 3.78. The van der Waals surface area contributed by atoms with Crippen molar-refractivity contribution in [1.82, 2.24) is 0 Å². The van der Waals surface area contributed by atoms with Gasteiger partial charge in [0.25, 0.3) is 0 Å². The summed E-state index contributed by atoms with van der Waals surface area (Å²) in [7, 11) is -3.86. The zero-order valence-corrected chi connectivity index (χ0v) is 13.5. The van der Waals surface area contributed by atoms with Gasteiger partial charge in [-0.1, -0.05) is 18.2 Å². The molecule has 1 heterocycles. The molecule has 25 heavy (non-hydrogen) atoms. The number of ether oxygens (including phenoxy) is 1. The zero-order valence-electron chi connectivity index (χ0n) is 12.7. The van der Waals surface area contributed by atoms with E-state index in [9.17, 15) is 17.7 Å². The van der Waals surface area contributed by atoms with Crippen LogP contribution in [-0.4, -0.2) is 8.42 Å². The van der Waals surface area contributed by atoms with Crippen LogP contribution in [0, 0.1) is 0 Å². The SMILES string of the molecule is NS(=O)(=O)Cc1cc2occ(NF)c(=O)c2cc1Oc1ccccc1. The van der Waals surface area contributed by atoms with Gasteiger partial charge in [0, 0.05) is 5.56 Å². The van der Waals surface area contributed by atoms with Crippen LogP contribution >= 0.6 is 0 Å². The second-order valence-corrected chi connectivity index (χ2v) is 6.87. The van der Waals surface area contributed by atoms with Crippen LogP contribution in [0.4, 0.5) is 10.2 Å². The van der Waals surface area contributed by atoms with E-state index in [-0.39, 0.29) is 28.0 Å². The van der Waals surface area contributed by atoms with E-state index in [4.69, 9.17) is 14.3 Å². The first kappa shape index (κ1) is 16.9. The minimum Gasteiger partial charge on any atom is -0.462 e. The van der Waals surface area contributed by atoms with Crippen molar-refractivity contribution in [3.8, 4) is 11.5 Å². The van der Waals surface area contributed by atoms with E-state index in [0.717, 1.165) is 6.26 Å². The Bertz CT molecular complexity index is 1080. The number of primary sulfonamides is 1. The molecule has 0 aliphatic heterocycles. The molecule has 0 saturated carbocycles. The molecule has 2 aromatic carbocycles. The quantitative estimate of drug-likeness (QED) is 0.673. The van der Waals surface area contributed by atoms with E-state index in [1.165, 1.54) is 17.7 Å². The molecule has 0 atom stereocenters. The standard InChI is InChI=1S/C16H13FN2O5S/c17-19-13-8-23-15-6-10(9-25(18,21)22)14(7-12(15)16(13)20)24-11-4-2-1-3-5-11/h1-8,19H,9H2,(H2,18,21,22). The Labute approximate surface area is 141 Å². The highest BCUT2D eigenvalue weighted by Gasteiger charge is 2.17. The number of nitrogens with one attached hydrogen (secondary N) is 1. The fourth-order valence-corrected chi connectivity index (χ4v) is 2.96. The highest BCUT2D eigenvalue weighted by atomic mass is 32.2. The van der Waals surface area contributed by atoms with Gasteiger partial charge in [-0.25, -0.2) is 19.1 Å². The summed E-state index contributed by atoms with van der Waals surface area (Å²) >= 11 is 0. The van der Waals surface area contributed by atoms with Crippen molar-refractivity contribution < 1.29 is 22.1 Å². The molecular formula is C16H13FN2O5S. The summed E-state index contributed by atoms with van der Waals surface area (Å²) < 4.78 is 46.4. The smallest absolute Gasteiger partial charge is 0.218 e. The Morgan fingerprint density at radius 1 is 1.20 bits per heavy atom. The molecule has 1 aromatic heterocycles. The van der Waals surface area contributed by atoms with Crippen molar-refractivity contribution in [3.05, 3.63) is 64.5 Å². The molecule has 9 heteroatoms. The molecule has 0 radical (unpaired) electrons. The van der Waals surface area contributed by atoms with Crippen LogP contribution in [0.1, 0.15) is 5.56 Å². The summed E-state index contributed by atoms with van der Waals surface area (Å²) in [4.78, 5) is 12.2. The van der Waals surface area contributed by atoms with Gasteiger partial charge in [-0.2, -0.15) is 0 Å². The fourth-order valence-electron chi connectivity index (χ4n) is 2.30. The largest absolute Gasteiger partial charge is 0.462 e. The lowest BCUT2D eigenvalue weighted by molar-refractivity contribution is 0.477.